The first-order valence-corrected chi connectivity index (χ1v) is 8.84. The number of unbranched alkanes of at least 4 members (excludes halogenated alkanes) is 1. The predicted molar refractivity (Wildman–Crippen MR) is 101 cm³/mol. The Balaban J connectivity index is 1.92. The molecule has 3 aromatic rings. The number of imidazole rings is 1. The van der Waals surface area contributed by atoms with Gasteiger partial charge in [-0.05, 0) is 25.5 Å². The molecule has 27 heavy (non-hydrogen) atoms. The Morgan fingerprint density at radius 3 is 2.78 bits per heavy atom. The van der Waals surface area contributed by atoms with Crippen molar-refractivity contribution < 1.29 is 9.53 Å². The number of rotatable bonds is 6. The van der Waals surface area contributed by atoms with E-state index in [0.29, 0.717) is 23.6 Å². The van der Waals surface area contributed by atoms with Crippen LogP contribution < -0.4 is 11.2 Å². The molecule has 0 spiro atoms. The molecule has 0 amide bonds. The van der Waals surface area contributed by atoms with E-state index in [9.17, 15) is 14.4 Å². The molecule has 0 fully saturated rings. The lowest BCUT2D eigenvalue weighted by Crippen LogP contribution is -2.31. The van der Waals surface area contributed by atoms with Crippen LogP contribution in [0.25, 0.3) is 11.2 Å². The van der Waals surface area contributed by atoms with E-state index in [1.807, 2.05) is 19.9 Å². The quantitative estimate of drug-likeness (QED) is 0.668. The van der Waals surface area contributed by atoms with Gasteiger partial charge < -0.3 is 9.30 Å². The van der Waals surface area contributed by atoms with E-state index in [4.69, 9.17) is 4.74 Å². The van der Waals surface area contributed by atoms with Crippen molar-refractivity contribution in [1.29, 1.82) is 0 Å². The van der Waals surface area contributed by atoms with Crippen molar-refractivity contribution in [3.8, 4) is 0 Å². The molecule has 0 bridgehead atoms. The van der Waals surface area contributed by atoms with Crippen LogP contribution in [0, 0.1) is 6.92 Å². The van der Waals surface area contributed by atoms with Crippen molar-refractivity contribution in [2.75, 3.05) is 0 Å². The first-order valence-electron chi connectivity index (χ1n) is 8.84. The molecule has 3 rings (SSSR count). The average Bonchev–Trinajstić information content (AvgIpc) is 2.96. The number of benzene rings is 1. The van der Waals surface area contributed by atoms with Gasteiger partial charge in [0.2, 0.25) is 0 Å². The van der Waals surface area contributed by atoms with Crippen LogP contribution in [0.1, 0.15) is 41.5 Å². The van der Waals surface area contributed by atoms with Gasteiger partial charge in [0.05, 0.1) is 5.56 Å². The summed E-state index contributed by atoms with van der Waals surface area (Å²) in [4.78, 5) is 43.3. The zero-order valence-electron chi connectivity index (χ0n) is 15.6. The number of esters is 1. The van der Waals surface area contributed by atoms with Gasteiger partial charge in [0.15, 0.2) is 11.2 Å². The van der Waals surface area contributed by atoms with Crippen LogP contribution >= 0.6 is 0 Å². The van der Waals surface area contributed by atoms with E-state index < -0.39 is 17.2 Å². The normalized spacial score (nSPS) is 11.1. The second-order valence-corrected chi connectivity index (χ2v) is 6.47. The lowest BCUT2D eigenvalue weighted by Gasteiger charge is -2.05. The Kier molecular flexibility index (Phi) is 5.25. The Morgan fingerprint density at radius 2 is 2.07 bits per heavy atom. The van der Waals surface area contributed by atoms with Crippen LogP contribution in [0.2, 0.25) is 0 Å². The summed E-state index contributed by atoms with van der Waals surface area (Å²) in [5.41, 5.74) is 1.01. The summed E-state index contributed by atoms with van der Waals surface area (Å²) in [7, 11) is 1.66. The van der Waals surface area contributed by atoms with Gasteiger partial charge in [-0.25, -0.2) is 14.6 Å². The van der Waals surface area contributed by atoms with Gasteiger partial charge in [-0.15, -0.1) is 0 Å². The average molecular weight is 370 g/mol. The highest BCUT2D eigenvalue weighted by Gasteiger charge is 2.17. The van der Waals surface area contributed by atoms with Crippen molar-refractivity contribution in [3.63, 3.8) is 0 Å². The molecular weight excluding hydrogens is 348 g/mol. The van der Waals surface area contributed by atoms with Crippen molar-refractivity contribution >= 4 is 17.1 Å². The third kappa shape index (κ3) is 3.69. The second-order valence-electron chi connectivity index (χ2n) is 6.47. The maximum absolute atomic E-state index is 12.2. The van der Waals surface area contributed by atoms with E-state index in [1.54, 1.807) is 29.8 Å². The number of H-pyrrole nitrogens is 1. The fraction of sp³-hybridized carbons (Fsp3) is 0.368. The summed E-state index contributed by atoms with van der Waals surface area (Å²) < 4.78 is 8.35. The molecule has 0 aliphatic rings. The number of aryl methyl sites for hydroxylation is 3. The molecule has 1 N–H and O–H groups in total. The van der Waals surface area contributed by atoms with Gasteiger partial charge in [0.25, 0.3) is 5.56 Å². The Labute approximate surface area is 155 Å². The molecule has 8 heteroatoms. The van der Waals surface area contributed by atoms with E-state index in [1.165, 1.54) is 4.57 Å². The lowest BCUT2D eigenvalue weighted by molar-refractivity contribution is 0.0459. The fourth-order valence-corrected chi connectivity index (χ4v) is 2.93. The zero-order chi connectivity index (χ0) is 19.6. The smallest absolute Gasteiger partial charge is 0.338 e. The lowest BCUT2D eigenvalue weighted by atomic mass is 10.1. The van der Waals surface area contributed by atoms with Crippen LogP contribution in [0.15, 0.2) is 33.9 Å². The third-order valence-electron chi connectivity index (χ3n) is 4.43. The summed E-state index contributed by atoms with van der Waals surface area (Å²) >= 11 is 0. The number of hydrogen-bond donors (Lipinski definition) is 1. The molecular formula is C19H22N4O4. The summed E-state index contributed by atoms with van der Waals surface area (Å²) in [6.07, 6.45) is 1.69. The zero-order valence-corrected chi connectivity index (χ0v) is 15.6. The highest BCUT2D eigenvalue weighted by Crippen LogP contribution is 2.13. The van der Waals surface area contributed by atoms with Crippen molar-refractivity contribution in [2.24, 2.45) is 7.05 Å². The molecule has 0 saturated carbocycles. The highest BCUT2D eigenvalue weighted by atomic mass is 16.5. The van der Waals surface area contributed by atoms with Crippen LogP contribution in [0.5, 0.6) is 0 Å². The first kappa shape index (κ1) is 18.6. The number of ether oxygens (including phenoxy) is 1. The van der Waals surface area contributed by atoms with E-state index in [2.05, 4.69) is 9.97 Å². The van der Waals surface area contributed by atoms with E-state index in [-0.39, 0.29) is 12.1 Å². The summed E-state index contributed by atoms with van der Waals surface area (Å²) in [6, 6.07) is 7.10. The van der Waals surface area contributed by atoms with Crippen LogP contribution in [-0.4, -0.2) is 25.1 Å². The topological polar surface area (TPSA) is 99.0 Å². The van der Waals surface area contributed by atoms with Crippen molar-refractivity contribution in [2.45, 2.75) is 39.8 Å². The van der Waals surface area contributed by atoms with Crippen molar-refractivity contribution in [1.82, 2.24) is 19.1 Å². The Hall–Kier alpha value is -3.16. The van der Waals surface area contributed by atoms with Gasteiger partial charge >= 0.3 is 11.7 Å². The minimum absolute atomic E-state index is 0.0979. The summed E-state index contributed by atoms with van der Waals surface area (Å²) in [5.74, 6) is -0.0737. The number of carbonyl (C=O) groups excluding carboxylic acids is 1. The SMILES string of the molecule is CCCCn1c(=O)[nH]c(=O)c2c1nc(COC(=O)c1cccc(C)c1)n2C. The predicted octanol–water partition coefficient (Wildman–Crippen LogP) is 1.89. The summed E-state index contributed by atoms with van der Waals surface area (Å²) in [6.45, 7) is 4.27. The van der Waals surface area contributed by atoms with Gasteiger partial charge in [0.1, 0.15) is 12.4 Å². The molecule has 2 heterocycles. The molecule has 0 aliphatic heterocycles. The summed E-state index contributed by atoms with van der Waals surface area (Å²) in [5, 5.41) is 0. The molecule has 0 atom stereocenters. The minimum Gasteiger partial charge on any atom is -0.454 e. The number of aromatic nitrogens is 4. The number of nitrogens with zero attached hydrogens (tertiary/aromatic N) is 3. The maximum Gasteiger partial charge on any atom is 0.338 e. The molecule has 1 aromatic carbocycles. The van der Waals surface area contributed by atoms with E-state index >= 15 is 0 Å². The third-order valence-corrected chi connectivity index (χ3v) is 4.43. The molecule has 8 nitrogen and oxygen atoms in total. The second kappa shape index (κ2) is 7.61. The number of fused-ring (bicyclic) bond motifs is 1. The molecule has 0 aliphatic carbocycles. The number of aromatic amines is 1. The van der Waals surface area contributed by atoms with Gasteiger partial charge in [0, 0.05) is 13.6 Å². The number of carbonyl (C=O) groups is 1. The fourth-order valence-electron chi connectivity index (χ4n) is 2.93. The van der Waals surface area contributed by atoms with E-state index in [0.717, 1.165) is 18.4 Å². The Bertz CT molecular complexity index is 1110. The first-order chi connectivity index (χ1) is 12.9. The number of nitrogens with one attached hydrogen (secondary N) is 1. The maximum atomic E-state index is 12.2. The van der Waals surface area contributed by atoms with Crippen molar-refractivity contribution in [3.05, 3.63) is 62.1 Å². The number of hydrogen-bond acceptors (Lipinski definition) is 5. The molecule has 0 saturated heterocycles. The van der Waals surface area contributed by atoms with Gasteiger partial charge in [-0.1, -0.05) is 31.0 Å². The minimum atomic E-state index is -0.506. The molecule has 0 radical (unpaired) electrons. The van der Waals surface area contributed by atoms with Gasteiger partial charge in [-0.2, -0.15) is 0 Å². The Morgan fingerprint density at radius 1 is 1.30 bits per heavy atom. The largest absolute Gasteiger partial charge is 0.454 e. The molecule has 2 aromatic heterocycles. The molecule has 142 valence electrons. The van der Waals surface area contributed by atoms with Crippen LogP contribution in [-0.2, 0) is 24.9 Å². The molecule has 0 unspecified atom stereocenters. The van der Waals surface area contributed by atoms with Crippen LogP contribution in [0.4, 0.5) is 0 Å². The van der Waals surface area contributed by atoms with Crippen LogP contribution in [0.3, 0.4) is 0 Å². The highest BCUT2D eigenvalue weighted by molar-refractivity contribution is 5.89. The van der Waals surface area contributed by atoms with Gasteiger partial charge in [-0.3, -0.25) is 14.3 Å². The standard InChI is InChI=1S/C19H22N4O4/c1-4-5-9-23-16-15(17(24)21-19(23)26)22(3)14(20-16)11-27-18(25)13-8-6-7-12(2)10-13/h6-8,10H,4-5,9,11H2,1-3H3,(H,21,24,26). The monoisotopic (exact) mass is 370 g/mol.